The van der Waals surface area contributed by atoms with Crippen molar-refractivity contribution < 1.29 is 14.7 Å². The molecular weight excluding hydrogens is 220 g/mol. The maximum atomic E-state index is 11.1. The first-order valence-electron chi connectivity index (χ1n) is 5.14. The Kier molecular flexibility index (Phi) is 4.28. The van der Waals surface area contributed by atoms with Crippen LogP contribution in [0.25, 0.3) is 5.70 Å². The van der Waals surface area contributed by atoms with Gasteiger partial charge in [-0.2, -0.15) is 0 Å². The second-order valence-corrected chi connectivity index (χ2v) is 3.37. The Balaban J connectivity index is 3.29. The summed E-state index contributed by atoms with van der Waals surface area (Å²) in [7, 11) is 0. The summed E-state index contributed by atoms with van der Waals surface area (Å²) in [5, 5.41) is 11.4. The molecule has 0 aliphatic heterocycles. The van der Waals surface area contributed by atoms with Crippen molar-refractivity contribution in [1.29, 1.82) is 0 Å². The molecule has 5 heteroatoms. The zero-order valence-corrected chi connectivity index (χ0v) is 9.43. The van der Waals surface area contributed by atoms with E-state index >= 15 is 0 Å². The lowest BCUT2D eigenvalue weighted by atomic mass is 10.0. The van der Waals surface area contributed by atoms with Crippen LogP contribution < -0.4 is 11.1 Å². The molecule has 90 valence electrons. The Morgan fingerprint density at radius 1 is 1.29 bits per heavy atom. The summed E-state index contributed by atoms with van der Waals surface area (Å²) in [5.74, 6) is -1.07. The number of hydrogen-bond acceptors (Lipinski definition) is 2. The normalized spacial score (nSPS) is 11.6. The van der Waals surface area contributed by atoms with Gasteiger partial charge in [-0.3, -0.25) is 0 Å². The molecule has 0 aromatic heterocycles. The van der Waals surface area contributed by atoms with Crippen LogP contribution >= 0.6 is 0 Å². The molecule has 0 fully saturated rings. The number of aliphatic carboxylic acids is 1. The molecule has 1 rings (SSSR count). The minimum Gasteiger partial charge on any atom is -0.478 e. The van der Waals surface area contributed by atoms with Gasteiger partial charge in [0.25, 0.3) is 0 Å². The molecule has 0 heterocycles. The number of urea groups is 1. The molecule has 5 nitrogen and oxygen atoms in total. The molecule has 0 radical (unpaired) electrons. The van der Waals surface area contributed by atoms with E-state index in [1.54, 1.807) is 37.3 Å². The fourth-order valence-electron chi connectivity index (χ4n) is 1.48. The van der Waals surface area contributed by atoms with E-state index in [0.717, 1.165) is 0 Å². The number of nitrogens with one attached hydrogen (secondary N) is 1. The number of primary amides is 1. The van der Waals surface area contributed by atoms with Crippen LogP contribution in [0.15, 0.2) is 35.9 Å². The number of carboxylic acid groups (broad SMARTS) is 1. The van der Waals surface area contributed by atoms with Gasteiger partial charge >= 0.3 is 12.0 Å². The van der Waals surface area contributed by atoms with Gasteiger partial charge in [0.1, 0.15) is 0 Å². The summed E-state index contributed by atoms with van der Waals surface area (Å²) in [5.41, 5.74) is 6.03. The van der Waals surface area contributed by atoms with Crippen molar-refractivity contribution in [2.24, 2.45) is 5.73 Å². The number of carbonyl (C=O) groups excluding carboxylic acids is 1. The highest BCUT2D eigenvalue weighted by Gasteiger charge is 2.15. The standard InChI is InChI=1S/C12H14N2O3/c1-2-9(11(15)16)10(14-12(13)17)8-6-4-3-5-7-8/h3-7H,2H2,1H3,(H,15,16)(H3,13,14,17). The zero-order chi connectivity index (χ0) is 12.8. The second-order valence-electron chi connectivity index (χ2n) is 3.37. The maximum absolute atomic E-state index is 11.1. The van der Waals surface area contributed by atoms with Crippen LogP contribution in [0.5, 0.6) is 0 Å². The van der Waals surface area contributed by atoms with Crippen molar-refractivity contribution >= 4 is 17.7 Å². The summed E-state index contributed by atoms with van der Waals surface area (Å²) >= 11 is 0. The van der Waals surface area contributed by atoms with Crippen LogP contribution in [-0.4, -0.2) is 17.1 Å². The molecule has 0 saturated heterocycles. The van der Waals surface area contributed by atoms with Crippen LogP contribution in [0, 0.1) is 0 Å². The molecular formula is C12H14N2O3. The zero-order valence-electron chi connectivity index (χ0n) is 9.43. The molecule has 0 bridgehead atoms. The first-order chi connectivity index (χ1) is 8.06. The third kappa shape index (κ3) is 3.34. The summed E-state index contributed by atoms with van der Waals surface area (Å²) in [6.07, 6.45) is 0.292. The Hall–Kier alpha value is -2.30. The first-order valence-corrected chi connectivity index (χ1v) is 5.14. The molecule has 0 atom stereocenters. The van der Waals surface area contributed by atoms with Gasteiger partial charge in [-0.15, -0.1) is 0 Å². The molecule has 1 aromatic carbocycles. The minimum atomic E-state index is -1.07. The van der Waals surface area contributed by atoms with E-state index in [0.29, 0.717) is 12.0 Å². The molecule has 0 saturated carbocycles. The van der Waals surface area contributed by atoms with E-state index in [9.17, 15) is 9.59 Å². The van der Waals surface area contributed by atoms with Gasteiger partial charge in [-0.1, -0.05) is 37.3 Å². The SMILES string of the molecule is CCC(C(=O)O)=C(NC(N)=O)c1ccccc1. The highest BCUT2D eigenvalue weighted by Crippen LogP contribution is 2.18. The van der Waals surface area contributed by atoms with Gasteiger partial charge in [0, 0.05) is 0 Å². The molecule has 0 aliphatic carbocycles. The lowest BCUT2D eigenvalue weighted by molar-refractivity contribution is -0.132. The number of nitrogens with two attached hydrogens (primary N) is 1. The van der Waals surface area contributed by atoms with Crippen LogP contribution in [0.1, 0.15) is 18.9 Å². The number of hydrogen-bond donors (Lipinski definition) is 3. The van der Waals surface area contributed by atoms with E-state index in [1.807, 2.05) is 0 Å². The largest absolute Gasteiger partial charge is 0.478 e. The smallest absolute Gasteiger partial charge is 0.333 e. The predicted molar refractivity (Wildman–Crippen MR) is 64.0 cm³/mol. The maximum Gasteiger partial charge on any atom is 0.333 e. The second kappa shape index (κ2) is 5.69. The number of benzene rings is 1. The Morgan fingerprint density at radius 2 is 1.88 bits per heavy atom. The summed E-state index contributed by atoms with van der Waals surface area (Å²) in [4.78, 5) is 22.0. The third-order valence-electron chi connectivity index (χ3n) is 2.22. The predicted octanol–water partition coefficient (Wildman–Crippen LogP) is 1.56. The number of carbonyl (C=O) groups is 2. The van der Waals surface area contributed by atoms with Crippen LogP contribution in [-0.2, 0) is 4.79 Å². The van der Waals surface area contributed by atoms with Gasteiger partial charge in [-0.05, 0) is 12.0 Å². The van der Waals surface area contributed by atoms with E-state index < -0.39 is 12.0 Å². The van der Waals surface area contributed by atoms with Crippen molar-refractivity contribution in [3.8, 4) is 0 Å². The minimum absolute atomic E-state index is 0.120. The average molecular weight is 234 g/mol. The van der Waals surface area contributed by atoms with E-state index in [4.69, 9.17) is 10.8 Å². The van der Waals surface area contributed by atoms with Crippen molar-refractivity contribution in [2.45, 2.75) is 13.3 Å². The van der Waals surface area contributed by atoms with Gasteiger partial charge < -0.3 is 16.2 Å². The molecule has 0 aliphatic rings. The molecule has 4 N–H and O–H groups in total. The van der Waals surface area contributed by atoms with Crippen molar-refractivity contribution in [3.63, 3.8) is 0 Å². The fourth-order valence-corrected chi connectivity index (χ4v) is 1.48. The summed E-state index contributed by atoms with van der Waals surface area (Å²) < 4.78 is 0. The van der Waals surface area contributed by atoms with Crippen LogP contribution in [0.3, 0.4) is 0 Å². The van der Waals surface area contributed by atoms with Gasteiger partial charge in [0.15, 0.2) is 0 Å². The topological polar surface area (TPSA) is 92.4 Å². The number of amides is 2. The number of rotatable bonds is 4. The average Bonchev–Trinajstić information content (AvgIpc) is 2.29. The van der Waals surface area contributed by atoms with Crippen molar-refractivity contribution in [3.05, 3.63) is 41.5 Å². The first kappa shape index (κ1) is 12.8. The van der Waals surface area contributed by atoms with Gasteiger partial charge in [-0.25, -0.2) is 9.59 Å². The highest BCUT2D eigenvalue weighted by atomic mass is 16.4. The van der Waals surface area contributed by atoms with E-state index in [1.165, 1.54) is 0 Å². The fraction of sp³-hybridized carbons (Fsp3) is 0.167. The molecule has 0 spiro atoms. The Morgan fingerprint density at radius 3 is 2.29 bits per heavy atom. The molecule has 2 amide bonds. The van der Waals surface area contributed by atoms with E-state index in [2.05, 4.69) is 5.32 Å². The lowest BCUT2D eigenvalue weighted by Crippen LogP contribution is -2.29. The number of carboxylic acids is 1. The lowest BCUT2D eigenvalue weighted by Gasteiger charge is -2.11. The molecule has 0 unspecified atom stereocenters. The van der Waals surface area contributed by atoms with Crippen LogP contribution in [0.4, 0.5) is 4.79 Å². The van der Waals surface area contributed by atoms with Crippen molar-refractivity contribution in [2.75, 3.05) is 0 Å². The van der Waals surface area contributed by atoms with Gasteiger partial charge in [0.2, 0.25) is 0 Å². The van der Waals surface area contributed by atoms with Crippen LogP contribution in [0.2, 0.25) is 0 Å². The van der Waals surface area contributed by atoms with Gasteiger partial charge in [0.05, 0.1) is 11.3 Å². The highest BCUT2D eigenvalue weighted by molar-refractivity contribution is 5.99. The molecule has 17 heavy (non-hydrogen) atoms. The molecule has 1 aromatic rings. The quantitative estimate of drug-likeness (QED) is 0.690. The summed E-state index contributed by atoms with van der Waals surface area (Å²) in [6.45, 7) is 1.70. The monoisotopic (exact) mass is 234 g/mol. The Bertz CT molecular complexity index is 452. The van der Waals surface area contributed by atoms with Crippen molar-refractivity contribution in [1.82, 2.24) is 5.32 Å². The summed E-state index contributed by atoms with van der Waals surface area (Å²) in [6, 6.07) is 7.96. The van der Waals surface area contributed by atoms with E-state index in [-0.39, 0.29) is 11.3 Å². The third-order valence-corrected chi connectivity index (χ3v) is 2.22. The Labute approximate surface area is 98.9 Å².